The Hall–Kier alpha value is -2.88. The highest BCUT2D eigenvalue weighted by Crippen LogP contribution is 2.17. The lowest BCUT2D eigenvalue weighted by molar-refractivity contribution is -0.123. The zero-order valence-corrected chi connectivity index (χ0v) is 12.2. The Kier molecular flexibility index (Phi) is 3.74. The average molecular weight is 292 g/mol. The topological polar surface area (TPSA) is 49.4 Å². The number of imide groups is 1. The molecule has 0 bridgehead atoms. The predicted octanol–water partition coefficient (Wildman–Crippen LogP) is 3.09. The molecule has 1 aliphatic rings. The van der Waals surface area contributed by atoms with E-state index in [4.69, 9.17) is 0 Å². The zero-order chi connectivity index (χ0) is 15.5. The molecule has 0 saturated carbocycles. The first-order valence-electron chi connectivity index (χ1n) is 7.08. The molecule has 1 aliphatic heterocycles. The molecule has 0 radical (unpaired) electrons. The number of aryl methyl sites for hydroxylation is 1. The first kappa shape index (κ1) is 14.1. The molecule has 22 heavy (non-hydrogen) atoms. The van der Waals surface area contributed by atoms with E-state index in [1.165, 1.54) is 4.90 Å². The molecule has 2 aromatic rings. The summed E-state index contributed by atoms with van der Waals surface area (Å²) in [5.41, 5.74) is 3.26. The van der Waals surface area contributed by atoms with Gasteiger partial charge in [0.25, 0.3) is 5.91 Å². The molecule has 0 atom stereocenters. The third kappa shape index (κ3) is 2.91. The molecule has 110 valence electrons. The Morgan fingerprint density at radius 1 is 1.00 bits per heavy atom. The van der Waals surface area contributed by atoms with Gasteiger partial charge < -0.3 is 5.32 Å². The first-order chi connectivity index (χ1) is 10.6. The van der Waals surface area contributed by atoms with Crippen LogP contribution in [-0.2, 0) is 11.3 Å². The van der Waals surface area contributed by atoms with Crippen LogP contribution in [0.4, 0.5) is 4.79 Å². The molecule has 4 nitrogen and oxygen atoms in total. The van der Waals surface area contributed by atoms with Crippen LogP contribution in [0.1, 0.15) is 16.7 Å². The van der Waals surface area contributed by atoms with Crippen molar-refractivity contribution in [2.45, 2.75) is 13.5 Å². The second-order valence-electron chi connectivity index (χ2n) is 5.28. The summed E-state index contributed by atoms with van der Waals surface area (Å²) in [6.07, 6.45) is 1.70. The number of amides is 3. The van der Waals surface area contributed by atoms with E-state index >= 15 is 0 Å². The third-order valence-electron chi connectivity index (χ3n) is 3.53. The molecule has 3 amide bonds. The molecular formula is C18H16N2O2. The minimum Gasteiger partial charge on any atom is -0.303 e. The number of urea groups is 1. The van der Waals surface area contributed by atoms with E-state index in [0.717, 1.165) is 16.7 Å². The van der Waals surface area contributed by atoms with Gasteiger partial charge in [0.05, 0.1) is 6.54 Å². The van der Waals surface area contributed by atoms with Crippen LogP contribution < -0.4 is 5.32 Å². The van der Waals surface area contributed by atoms with E-state index < -0.39 is 0 Å². The summed E-state index contributed by atoms with van der Waals surface area (Å²) in [6, 6.07) is 16.8. The molecule has 3 rings (SSSR count). The molecule has 0 aromatic heterocycles. The Bertz CT molecular complexity index is 733. The summed E-state index contributed by atoms with van der Waals surface area (Å²) in [7, 11) is 0. The van der Waals surface area contributed by atoms with Crippen LogP contribution in [0.5, 0.6) is 0 Å². The number of hydrogen-bond acceptors (Lipinski definition) is 2. The maximum atomic E-state index is 12.4. The van der Waals surface area contributed by atoms with Crippen molar-refractivity contribution in [1.82, 2.24) is 10.2 Å². The molecule has 1 N–H and O–H groups in total. The molecule has 1 saturated heterocycles. The van der Waals surface area contributed by atoms with E-state index in [2.05, 4.69) is 5.32 Å². The number of benzene rings is 2. The van der Waals surface area contributed by atoms with Crippen LogP contribution in [0.3, 0.4) is 0 Å². The smallest absolute Gasteiger partial charge is 0.303 e. The molecule has 0 spiro atoms. The highest BCUT2D eigenvalue weighted by Gasteiger charge is 2.33. The second kappa shape index (κ2) is 5.85. The van der Waals surface area contributed by atoms with Crippen LogP contribution in [-0.4, -0.2) is 16.8 Å². The Balaban J connectivity index is 1.80. The Morgan fingerprint density at radius 3 is 2.36 bits per heavy atom. The van der Waals surface area contributed by atoms with Gasteiger partial charge in [0.15, 0.2) is 0 Å². The van der Waals surface area contributed by atoms with Crippen molar-refractivity contribution in [3.8, 4) is 0 Å². The van der Waals surface area contributed by atoms with E-state index in [1.807, 2.05) is 61.5 Å². The molecule has 0 unspecified atom stereocenters. The van der Waals surface area contributed by atoms with Crippen molar-refractivity contribution < 1.29 is 9.59 Å². The van der Waals surface area contributed by atoms with Gasteiger partial charge in [0.1, 0.15) is 5.70 Å². The van der Waals surface area contributed by atoms with Crippen LogP contribution >= 0.6 is 0 Å². The number of rotatable bonds is 3. The second-order valence-corrected chi connectivity index (χ2v) is 5.28. The quantitative estimate of drug-likeness (QED) is 0.698. The van der Waals surface area contributed by atoms with E-state index in [1.54, 1.807) is 6.08 Å². The van der Waals surface area contributed by atoms with Gasteiger partial charge in [-0.1, -0.05) is 60.2 Å². The molecule has 4 heteroatoms. The lowest BCUT2D eigenvalue weighted by Gasteiger charge is -2.11. The first-order valence-corrected chi connectivity index (χ1v) is 7.08. The monoisotopic (exact) mass is 292 g/mol. The summed E-state index contributed by atoms with van der Waals surface area (Å²) in [4.78, 5) is 25.6. The number of hydrogen-bond donors (Lipinski definition) is 1. The maximum Gasteiger partial charge on any atom is 0.329 e. The van der Waals surface area contributed by atoms with Crippen molar-refractivity contribution in [3.63, 3.8) is 0 Å². The largest absolute Gasteiger partial charge is 0.329 e. The molecule has 1 heterocycles. The van der Waals surface area contributed by atoms with Gasteiger partial charge in [0, 0.05) is 0 Å². The van der Waals surface area contributed by atoms with E-state index in [9.17, 15) is 9.59 Å². The number of nitrogens with zero attached hydrogens (tertiary/aromatic N) is 1. The highest BCUT2D eigenvalue weighted by atomic mass is 16.2. The predicted molar refractivity (Wildman–Crippen MR) is 84.7 cm³/mol. The van der Waals surface area contributed by atoms with Gasteiger partial charge in [-0.15, -0.1) is 0 Å². The van der Waals surface area contributed by atoms with Gasteiger partial charge in [-0.3, -0.25) is 9.69 Å². The van der Waals surface area contributed by atoms with Crippen molar-refractivity contribution >= 4 is 18.0 Å². The van der Waals surface area contributed by atoms with Crippen molar-refractivity contribution in [2.75, 3.05) is 0 Å². The Labute approximate surface area is 129 Å². The van der Waals surface area contributed by atoms with Crippen molar-refractivity contribution in [3.05, 3.63) is 77.0 Å². The minimum atomic E-state index is -0.382. The fourth-order valence-corrected chi connectivity index (χ4v) is 2.31. The van der Waals surface area contributed by atoms with E-state index in [-0.39, 0.29) is 18.5 Å². The summed E-state index contributed by atoms with van der Waals surface area (Å²) in [6.45, 7) is 2.28. The summed E-state index contributed by atoms with van der Waals surface area (Å²) in [5.74, 6) is -0.297. The molecule has 0 aliphatic carbocycles. The number of carbonyl (C=O) groups excluding carboxylic acids is 2. The highest BCUT2D eigenvalue weighted by molar-refractivity contribution is 6.13. The molecule has 1 fully saturated rings. The van der Waals surface area contributed by atoms with Gasteiger partial charge in [0.2, 0.25) is 0 Å². The summed E-state index contributed by atoms with van der Waals surface area (Å²) >= 11 is 0. The average Bonchev–Trinajstić information content (AvgIpc) is 2.78. The van der Waals surface area contributed by atoms with Crippen LogP contribution in [0, 0.1) is 6.92 Å². The summed E-state index contributed by atoms with van der Waals surface area (Å²) in [5, 5.41) is 2.64. The lowest BCUT2D eigenvalue weighted by Crippen LogP contribution is -2.30. The van der Waals surface area contributed by atoms with Gasteiger partial charge in [-0.2, -0.15) is 0 Å². The molecule has 2 aromatic carbocycles. The van der Waals surface area contributed by atoms with Gasteiger partial charge >= 0.3 is 6.03 Å². The fourth-order valence-electron chi connectivity index (χ4n) is 2.31. The standard InChI is InChI=1S/C18H16N2O2/c1-13-7-9-14(10-8-13)11-16-17(21)20(18(22)19-16)12-15-5-3-2-4-6-15/h2-11H,12H2,1H3,(H,19,22)/b16-11+. The van der Waals surface area contributed by atoms with Crippen molar-refractivity contribution in [2.24, 2.45) is 0 Å². The normalized spacial score (nSPS) is 16.2. The third-order valence-corrected chi connectivity index (χ3v) is 3.53. The van der Waals surface area contributed by atoms with Crippen LogP contribution in [0.15, 0.2) is 60.3 Å². The lowest BCUT2D eigenvalue weighted by atomic mass is 10.1. The minimum absolute atomic E-state index is 0.275. The van der Waals surface area contributed by atoms with Crippen molar-refractivity contribution in [1.29, 1.82) is 0 Å². The number of carbonyl (C=O) groups is 2. The van der Waals surface area contributed by atoms with Gasteiger partial charge in [-0.25, -0.2) is 4.79 Å². The molecular weight excluding hydrogens is 276 g/mol. The van der Waals surface area contributed by atoms with Gasteiger partial charge in [-0.05, 0) is 24.1 Å². The summed E-state index contributed by atoms with van der Waals surface area (Å²) < 4.78 is 0. The van der Waals surface area contributed by atoms with Crippen LogP contribution in [0.25, 0.3) is 6.08 Å². The van der Waals surface area contributed by atoms with Crippen LogP contribution in [0.2, 0.25) is 0 Å². The Morgan fingerprint density at radius 2 is 1.68 bits per heavy atom. The number of nitrogens with one attached hydrogen (secondary N) is 1. The zero-order valence-electron chi connectivity index (χ0n) is 12.2. The SMILES string of the molecule is Cc1ccc(/C=C2/NC(=O)N(Cc3ccccc3)C2=O)cc1. The fraction of sp³-hybridized carbons (Fsp3) is 0.111. The van der Waals surface area contributed by atoms with E-state index in [0.29, 0.717) is 5.70 Å². The maximum absolute atomic E-state index is 12.4.